The van der Waals surface area contributed by atoms with E-state index in [-0.39, 0.29) is 12.5 Å². The SMILES string of the molecule is Cc1ccn(CC(=O)N2CCc3oc(CCc4ccccc4)nc3C2)n1. The first-order chi connectivity index (χ1) is 12.7. The molecule has 1 aliphatic heterocycles. The normalized spacial score (nSPS) is 13.7. The van der Waals surface area contributed by atoms with Crippen LogP contribution in [0.5, 0.6) is 0 Å². The van der Waals surface area contributed by atoms with E-state index < -0.39 is 0 Å². The highest BCUT2D eigenvalue weighted by atomic mass is 16.4. The van der Waals surface area contributed by atoms with Gasteiger partial charge >= 0.3 is 0 Å². The van der Waals surface area contributed by atoms with E-state index in [1.54, 1.807) is 4.68 Å². The van der Waals surface area contributed by atoms with Crippen LogP contribution in [0.15, 0.2) is 47.0 Å². The van der Waals surface area contributed by atoms with Gasteiger partial charge < -0.3 is 9.32 Å². The van der Waals surface area contributed by atoms with Crippen molar-refractivity contribution < 1.29 is 9.21 Å². The van der Waals surface area contributed by atoms with Gasteiger partial charge in [0.15, 0.2) is 5.89 Å². The summed E-state index contributed by atoms with van der Waals surface area (Å²) in [6.07, 6.45) is 4.23. The van der Waals surface area contributed by atoms with Crippen molar-refractivity contribution in [2.45, 2.75) is 39.3 Å². The summed E-state index contributed by atoms with van der Waals surface area (Å²) >= 11 is 0. The molecule has 0 aliphatic carbocycles. The van der Waals surface area contributed by atoms with Crippen LogP contribution in [0.2, 0.25) is 0 Å². The summed E-state index contributed by atoms with van der Waals surface area (Å²) in [6, 6.07) is 12.2. The van der Waals surface area contributed by atoms with Gasteiger partial charge in [-0.2, -0.15) is 5.10 Å². The summed E-state index contributed by atoms with van der Waals surface area (Å²) in [4.78, 5) is 19.0. The van der Waals surface area contributed by atoms with Crippen molar-refractivity contribution >= 4 is 5.91 Å². The molecule has 26 heavy (non-hydrogen) atoms. The van der Waals surface area contributed by atoms with Crippen molar-refractivity contribution in [3.8, 4) is 0 Å². The van der Waals surface area contributed by atoms with Crippen LogP contribution in [0, 0.1) is 6.92 Å². The second-order valence-electron chi connectivity index (χ2n) is 6.68. The fourth-order valence-electron chi connectivity index (χ4n) is 3.26. The van der Waals surface area contributed by atoms with Crippen LogP contribution in [0.4, 0.5) is 0 Å². The first kappa shape index (κ1) is 16.6. The van der Waals surface area contributed by atoms with Crippen LogP contribution in [0.1, 0.15) is 28.6 Å². The van der Waals surface area contributed by atoms with Crippen molar-refractivity contribution in [2.75, 3.05) is 6.54 Å². The zero-order chi connectivity index (χ0) is 17.9. The standard InChI is InChI=1S/C20H22N4O2/c1-15-9-12-24(22-15)14-20(25)23-11-10-18-17(13-23)21-19(26-18)8-7-16-5-3-2-4-6-16/h2-6,9,12H,7-8,10-11,13-14H2,1H3. The van der Waals surface area contributed by atoms with Gasteiger partial charge in [0.25, 0.3) is 0 Å². The van der Waals surface area contributed by atoms with Gasteiger partial charge in [0.05, 0.1) is 12.2 Å². The van der Waals surface area contributed by atoms with E-state index in [0.717, 1.165) is 42.3 Å². The molecule has 0 radical (unpaired) electrons. The topological polar surface area (TPSA) is 64.2 Å². The molecule has 0 unspecified atom stereocenters. The van der Waals surface area contributed by atoms with Crippen molar-refractivity contribution in [1.82, 2.24) is 19.7 Å². The molecular weight excluding hydrogens is 328 g/mol. The van der Waals surface area contributed by atoms with Gasteiger partial charge in [0.2, 0.25) is 5.91 Å². The summed E-state index contributed by atoms with van der Waals surface area (Å²) in [5, 5.41) is 4.28. The molecular formula is C20H22N4O2. The largest absolute Gasteiger partial charge is 0.445 e. The van der Waals surface area contributed by atoms with Gasteiger partial charge in [-0.25, -0.2) is 4.98 Å². The number of hydrogen-bond donors (Lipinski definition) is 0. The number of carbonyl (C=O) groups is 1. The minimum Gasteiger partial charge on any atom is -0.445 e. The number of benzene rings is 1. The summed E-state index contributed by atoms with van der Waals surface area (Å²) in [5.41, 5.74) is 3.08. The maximum Gasteiger partial charge on any atom is 0.244 e. The van der Waals surface area contributed by atoms with Gasteiger partial charge in [-0.1, -0.05) is 30.3 Å². The maximum atomic E-state index is 12.5. The van der Waals surface area contributed by atoms with Crippen LogP contribution in [-0.2, 0) is 37.1 Å². The minimum absolute atomic E-state index is 0.0626. The van der Waals surface area contributed by atoms with Crippen LogP contribution in [0.25, 0.3) is 0 Å². The Bertz CT molecular complexity index is 898. The van der Waals surface area contributed by atoms with Gasteiger partial charge in [0, 0.05) is 25.6 Å². The molecule has 0 bridgehead atoms. The molecule has 1 amide bonds. The quantitative estimate of drug-likeness (QED) is 0.709. The Morgan fingerprint density at radius 1 is 1.19 bits per heavy atom. The molecule has 4 rings (SSSR count). The van der Waals surface area contributed by atoms with Gasteiger partial charge in [-0.15, -0.1) is 0 Å². The van der Waals surface area contributed by atoms with E-state index in [0.29, 0.717) is 13.1 Å². The first-order valence-corrected chi connectivity index (χ1v) is 8.96. The molecule has 0 atom stereocenters. The molecule has 0 N–H and O–H groups in total. The molecule has 0 fully saturated rings. The van der Waals surface area contributed by atoms with Gasteiger partial charge in [0.1, 0.15) is 18.0 Å². The molecule has 1 aliphatic rings. The third kappa shape index (κ3) is 3.69. The number of fused-ring (bicyclic) bond motifs is 1. The number of carbonyl (C=O) groups excluding carboxylic acids is 1. The summed E-state index contributed by atoms with van der Waals surface area (Å²) in [5.74, 6) is 1.75. The Labute approximate surface area is 152 Å². The van der Waals surface area contributed by atoms with Crippen molar-refractivity contribution in [3.05, 3.63) is 71.2 Å². The van der Waals surface area contributed by atoms with E-state index in [2.05, 4.69) is 22.2 Å². The highest BCUT2D eigenvalue weighted by molar-refractivity contribution is 5.76. The number of oxazole rings is 1. The minimum atomic E-state index is 0.0626. The molecule has 1 aromatic carbocycles. The lowest BCUT2D eigenvalue weighted by molar-refractivity contribution is -0.133. The second-order valence-corrected chi connectivity index (χ2v) is 6.68. The number of aryl methyl sites for hydroxylation is 3. The molecule has 0 saturated carbocycles. The molecule has 134 valence electrons. The molecule has 3 heterocycles. The number of nitrogens with zero attached hydrogens (tertiary/aromatic N) is 4. The Kier molecular flexibility index (Phi) is 4.56. The smallest absolute Gasteiger partial charge is 0.244 e. The van der Waals surface area contributed by atoms with E-state index in [9.17, 15) is 4.79 Å². The Morgan fingerprint density at radius 3 is 2.81 bits per heavy atom. The van der Waals surface area contributed by atoms with E-state index >= 15 is 0 Å². The number of hydrogen-bond acceptors (Lipinski definition) is 4. The zero-order valence-electron chi connectivity index (χ0n) is 14.9. The lowest BCUT2D eigenvalue weighted by Crippen LogP contribution is -2.38. The third-order valence-electron chi connectivity index (χ3n) is 4.67. The zero-order valence-corrected chi connectivity index (χ0v) is 14.9. The summed E-state index contributed by atoms with van der Waals surface area (Å²) < 4.78 is 7.59. The Hall–Kier alpha value is -2.89. The van der Waals surface area contributed by atoms with Gasteiger partial charge in [-0.3, -0.25) is 9.48 Å². The lowest BCUT2D eigenvalue weighted by atomic mass is 10.1. The predicted molar refractivity (Wildman–Crippen MR) is 96.4 cm³/mol. The Morgan fingerprint density at radius 2 is 2.04 bits per heavy atom. The molecule has 0 spiro atoms. The molecule has 0 saturated heterocycles. The lowest BCUT2D eigenvalue weighted by Gasteiger charge is -2.25. The number of aromatic nitrogens is 3. The highest BCUT2D eigenvalue weighted by Gasteiger charge is 2.25. The first-order valence-electron chi connectivity index (χ1n) is 8.96. The number of rotatable bonds is 5. The monoisotopic (exact) mass is 350 g/mol. The van der Waals surface area contributed by atoms with E-state index in [4.69, 9.17) is 4.42 Å². The predicted octanol–water partition coefficient (Wildman–Crippen LogP) is 2.55. The molecule has 6 heteroatoms. The molecule has 2 aromatic heterocycles. The van der Waals surface area contributed by atoms with E-state index in [1.807, 2.05) is 42.3 Å². The highest BCUT2D eigenvalue weighted by Crippen LogP contribution is 2.21. The fraction of sp³-hybridized carbons (Fsp3) is 0.350. The van der Waals surface area contributed by atoms with Crippen molar-refractivity contribution in [1.29, 1.82) is 0 Å². The van der Waals surface area contributed by atoms with Crippen LogP contribution < -0.4 is 0 Å². The van der Waals surface area contributed by atoms with Crippen molar-refractivity contribution in [2.24, 2.45) is 0 Å². The Balaban J connectivity index is 1.37. The summed E-state index contributed by atoms with van der Waals surface area (Å²) in [7, 11) is 0. The average molecular weight is 350 g/mol. The van der Waals surface area contributed by atoms with Crippen LogP contribution in [-0.4, -0.2) is 32.1 Å². The average Bonchev–Trinajstić information content (AvgIpc) is 3.25. The molecule has 6 nitrogen and oxygen atoms in total. The maximum absolute atomic E-state index is 12.5. The van der Waals surface area contributed by atoms with Crippen LogP contribution >= 0.6 is 0 Å². The van der Waals surface area contributed by atoms with Crippen molar-refractivity contribution in [3.63, 3.8) is 0 Å². The third-order valence-corrected chi connectivity index (χ3v) is 4.67. The number of amides is 1. The molecule has 3 aromatic rings. The fourth-order valence-corrected chi connectivity index (χ4v) is 3.26. The van der Waals surface area contributed by atoms with Gasteiger partial charge in [-0.05, 0) is 25.0 Å². The van der Waals surface area contributed by atoms with Crippen LogP contribution in [0.3, 0.4) is 0 Å². The summed E-state index contributed by atoms with van der Waals surface area (Å²) in [6.45, 7) is 3.37. The van der Waals surface area contributed by atoms with E-state index in [1.165, 1.54) is 5.56 Å². The second kappa shape index (κ2) is 7.15.